The first-order valence-corrected chi connectivity index (χ1v) is 12.1. The molecule has 0 saturated carbocycles. The highest BCUT2D eigenvalue weighted by Crippen LogP contribution is 2.30. The number of fused-ring (bicyclic) bond motifs is 2. The number of aromatic amines is 2. The molecule has 7 rings (SSSR count). The Morgan fingerprint density at radius 3 is 2.69 bits per heavy atom. The number of hydrogen-bond donors (Lipinski definition) is 2. The second-order valence-electron chi connectivity index (χ2n) is 9.09. The average Bonchev–Trinajstić information content (AvgIpc) is 3.68. The number of likely N-dealkylation sites (tertiary alicyclic amines) is 1. The lowest BCUT2D eigenvalue weighted by atomic mass is 10.1. The van der Waals surface area contributed by atoms with E-state index in [-0.39, 0.29) is 0 Å². The van der Waals surface area contributed by atoms with E-state index in [1.165, 1.54) is 18.4 Å². The van der Waals surface area contributed by atoms with Gasteiger partial charge >= 0.3 is 0 Å². The first kappa shape index (κ1) is 20.8. The Bertz CT molecular complexity index is 1680. The molecule has 0 aromatic carbocycles. The highest BCUT2D eigenvalue weighted by molar-refractivity contribution is 5.94. The van der Waals surface area contributed by atoms with Gasteiger partial charge in [-0.15, -0.1) is 0 Å². The number of hydrogen-bond acceptors (Lipinski definition) is 7. The van der Waals surface area contributed by atoms with Crippen molar-refractivity contribution in [1.82, 2.24) is 45.0 Å². The van der Waals surface area contributed by atoms with Gasteiger partial charge in [-0.05, 0) is 67.9 Å². The van der Waals surface area contributed by atoms with Crippen molar-refractivity contribution in [3.05, 3.63) is 72.8 Å². The quantitative estimate of drug-likeness (QED) is 0.376. The van der Waals surface area contributed by atoms with Crippen LogP contribution in [0.4, 0.5) is 0 Å². The van der Waals surface area contributed by atoms with Crippen LogP contribution in [0.15, 0.2) is 67.3 Å². The molecular weight excluding hydrogens is 450 g/mol. The van der Waals surface area contributed by atoms with Crippen LogP contribution in [0.5, 0.6) is 0 Å². The molecule has 0 radical (unpaired) electrons. The maximum absolute atomic E-state index is 4.97. The van der Waals surface area contributed by atoms with Gasteiger partial charge in [0.25, 0.3) is 0 Å². The van der Waals surface area contributed by atoms with E-state index in [0.29, 0.717) is 17.2 Å². The van der Waals surface area contributed by atoms with Crippen molar-refractivity contribution in [3.63, 3.8) is 0 Å². The van der Waals surface area contributed by atoms with Gasteiger partial charge in [-0.25, -0.2) is 15.0 Å². The Kier molecular flexibility index (Phi) is 4.99. The summed E-state index contributed by atoms with van der Waals surface area (Å²) in [6.07, 6.45) is 9.90. The number of rotatable bonds is 5. The van der Waals surface area contributed by atoms with Gasteiger partial charge in [0.1, 0.15) is 11.0 Å². The summed E-state index contributed by atoms with van der Waals surface area (Å²) >= 11 is 0. The molecule has 0 amide bonds. The molecule has 1 aliphatic rings. The molecule has 1 aliphatic heterocycles. The minimum Gasteiger partial charge on any atom is -0.321 e. The van der Waals surface area contributed by atoms with Crippen molar-refractivity contribution in [2.75, 3.05) is 13.1 Å². The van der Waals surface area contributed by atoms with Crippen LogP contribution in [-0.4, -0.2) is 58.1 Å². The third-order valence-electron chi connectivity index (χ3n) is 6.65. The molecule has 0 spiro atoms. The molecule has 1 saturated heterocycles. The van der Waals surface area contributed by atoms with Gasteiger partial charge in [0, 0.05) is 42.5 Å². The first-order valence-electron chi connectivity index (χ1n) is 12.1. The van der Waals surface area contributed by atoms with Gasteiger partial charge in [0.15, 0.2) is 17.2 Å². The highest BCUT2D eigenvalue weighted by atomic mass is 15.2. The molecule has 176 valence electrons. The predicted molar refractivity (Wildman–Crippen MR) is 138 cm³/mol. The zero-order valence-electron chi connectivity index (χ0n) is 19.5. The van der Waals surface area contributed by atoms with Crippen molar-refractivity contribution in [1.29, 1.82) is 0 Å². The van der Waals surface area contributed by atoms with Crippen LogP contribution in [0, 0.1) is 0 Å². The molecule has 6 aromatic rings. The topological polar surface area (TPSA) is 112 Å². The van der Waals surface area contributed by atoms with E-state index in [1.807, 2.05) is 48.8 Å². The van der Waals surface area contributed by atoms with E-state index >= 15 is 0 Å². The lowest BCUT2D eigenvalue weighted by Crippen LogP contribution is -2.18. The van der Waals surface area contributed by atoms with Crippen molar-refractivity contribution in [3.8, 4) is 34.0 Å². The van der Waals surface area contributed by atoms with Crippen LogP contribution >= 0.6 is 0 Å². The molecule has 2 N–H and O–H groups in total. The van der Waals surface area contributed by atoms with Gasteiger partial charge in [0.2, 0.25) is 0 Å². The number of nitrogens with zero attached hydrogens (tertiary/aromatic N) is 7. The molecule has 6 aromatic heterocycles. The molecule has 0 aliphatic carbocycles. The van der Waals surface area contributed by atoms with Crippen molar-refractivity contribution < 1.29 is 0 Å². The average molecular weight is 474 g/mol. The van der Waals surface area contributed by atoms with Gasteiger partial charge in [0.05, 0.1) is 16.9 Å². The summed E-state index contributed by atoms with van der Waals surface area (Å²) in [6.45, 7) is 3.23. The Morgan fingerprint density at radius 1 is 0.861 bits per heavy atom. The largest absolute Gasteiger partial charge is 0.321 e. The number of nitrogens with one attached hydrogen (secondary N) is 2. The summed E-state index contributed by atoms with van der Waals surface area (Å²) in [5, 5.41) is 7.63. The number of H-pyrrole nitrogens is 2. The minimum atomic E-state index is 0.609. The van der Waals surface area contributed by atoms with E-state index in [0.717, 1.165) is 58.7 Å². The zero-order valence-corrected chi connectivity index (χ0v) is 19.5. The molecule has 9 nitrogen and oxygen atoms in total. The zero-order chi connectivity index (χ0) is 23.9. The molecular formula is C27H23N9. The maximum atomic E-state index is 4.97. The Morgan fingerprint density at radius 2 is 1.81 bits per heavy atom. The molecule has 9 heteroatoms. The van der Waals surface area contributed by atoms with Gasteiger partial charge in [-0.2, -0.15) is 5.10 Å². The van der Waals surface area contributed by atoms with E-state index in [1.54, 1.807) is 12.4 Å². The maximum Gasteiger partial charge on any atom is 0.162 e. The van der Waals surface area contributed by atoms with Crippen LogP contribution in [0.1, 0.15) is 18.4 Å². The van der Waals surface area contributed by atoms with Crippen LogP contribution in [0.3, 0.4) is 0 Å². The normalized spacial score (nSPS) is 14.2. The van der Waals surface area contributed by atoms with E-state index < -0.39 is 0 Å². The summed E-state index contributed by atoms with van der Waals surface area (Å²) in [5.74, 6) is 0.609. The van der Waals surface area contributed by atoms with Crippen LogP contribution in [0.25, 0.3) is 56.2 Å². The summed E-state index contributed by atoms with van der Waals surface area (Å²) < 4.78 is 0. The van der Waals surface area contributed by atoms with E-state index in [9.17, 15) is 0 Å². The molecule has 0 bridgehead atoms. The molecule has 0 atom stereocenters. The van der Waals surface area contributed by atoms with Crippen LogP contribution in [-0.2, 0) is 6.54 Å². The van der Waals surface area contributed by atoms with Crippen molar-refractivity contribution in [2.45, 2.75) is 19.4 Å². The second kappa shape index (κ2) is 8.62. The smallest absolute Gasteiger partial charge is 0.162 e. The SMILES string of the molecule is c1ccc(-c2ccnc3[nH]c(-c4n[nH]c5ccc(-c6cncc(CN7CCCC7)c6)nc45)nc23)nc1. The fraction of sp³-hybridized carbons (Fsp3) is 0.185. The van der Waals surface area contributed by atoms with Crippen molar-refractivity contribution >= 4 is 22.2 Å². The molecule has 36 heavy (non-hydrogen) atoms. The van der Waals surface area contributed by atoms with Gasteiger partial charge in [-0.3, -0.25) is 20.0 Å². The number of imidazole rings is 1. The summed E-state index contributed by atoms with van der Waals surface area (Å²) in [4.78, 5) is 29.1. The van der Waals surface area contributed by atoms with Crippen molar-refractivity contribution in [2.24, 2.45) is 0 Å². The lowest BCUT2D eigenvalue weighted by molar-refractivity contribution is 0.331. The Hall–Kier alpha value is -4.50. The Labute approximate surface area is 206 Å². The second-order valence-corrected chi connectivity index (χ2v) is 9.09. The third-order valence-corrected chi connectivity index (χ3v) is 6.65. The fourth-order valence-electron chi connectivity index (χ4n) is 4.89. The van der Waals surface area contributed by atoms with Gasteiger partial charge in [-0.1, -0.05) is 6.07 Å². The summed E-state index contributed by atoms with van der Waals surface area (Å²) in [6, 6.07) is 13.9. The number of pyridine rings is 4. The predicted octanol–water partition coefficient (Wildman–Crippen LogP) is 4.62. The monoisotopic (exact) mass is 473 g/mol. The van der Waals surface area contributed by atoms with Crippen LogP contribution in [0.2, 0.25) is 0 Å². The lowest BCUT2D eigenvalue weighted by Gasteiger charge is -2.14. The van der Waals surface area contributed by atoms with Crippen LogP contribution < -0.4 is 0 Å². The minimum absolute atomic E-state index is 0.609. The molecule has 1 fully saturated rings. The summed E-state index contributed by atoms with van der Waals surface area (Å²) in [7, 11) is 0. The Balaban J connectivity index is 1.28. The fourth-order valence-corrected chi connectivity index (χ4v) is 4.89. The standard InChI is InChI=1S/C27H23N9/c1-2-9-29-21(5-1)19-8-10-30-26-23(19)32-27(33-26)25-24-22(34-35-25)7-6-20(31-24)18-13-17(14-28-15-18)16-36-11-3-4-12-36/h1-2,5-10,13-15H,3-4,11-12,16H2,(H,34,35)(H,30,32,33). The van der Waals surface area contributed by atoms with Gasteiger partial charge < -0.3 is 4.98 Å². The molecule has 7 heterocycles. The summed E-state index contributed by atoms with van der Waals surface area (Å²) in [5.41, 5.74) is 8.47. The molecule has 0 unspecified atom stereocenters. The van der Waals surface area contributed by atoms with E-state index in [2.05, 4.69) is 41.1 Å². The first-order chi connectivity index (χ1) is 17.8. The van der Waals surface area contributed by atoms with E-state index in [4.69, 9.17) is 9.97 Å². The highest BCUT2D eigenvalue weighted by Gasteiger charge is 2.18. The third kappa shape index (κ3) is 3.70. The number of aromatic nitrogens is 8.